The van der Waals surface area contributed by atoms with E-state index in [1.165, 1.54) is 41.5 Å². The summed E-state index contributed by atoms with van der Waals surface area (Å²) in [5.74, 6) is 0. The standard InChI is InChI=1S/C16H22N2S/c1-18-10-4-5-14(18)8-9-17-11-13-12-19-16-7-3-2-6-15(13)16/h2-3,6-7,12,14,17H,4-5,8-11H2,1H3. The molecule has 1 aromatic heterocycles. The maximum Gasteiger partial charge on any atom is 0.0346 e. The normalized spacial score (nSPS) is 20.4. The van der Waals surface area contributed by atoms with Crippen LogP contribution in [0.5, 0.6) is 0 Å². The van der Waals surface area contributed by atoms with Gasteiger partial charge < -0.3 is 10.2 Å². The van der Waals surface area contributed by atoms with Crippen molar-refractivity contribution in [3.05, 3.63) is 35.2 Å². The Hall–Kier alpha value is -0.900. The summed E-state index contributed by atoms with van der Waals surface area (Å²) in [6.45, 7) is 3.40. The zero-order chi connectivity index (χ0) is 13.1. The Kier molecular flexibility index (Phi) is 4.16. The third-order valence-electron chi connectivity index (χ3n) is 4.20. The molecule has 2 aromatic rings. The zero-order valence-corrected chi connectivity index (χ0v) is 12.4. The Morgan fingerprint density at radius 3 is 3.11 bits per heavy atom. The number of hydrogen-bond donors (Lipinski definition) is 1. The second kappa shape index (κ2) is 6.04. The van der Waals surface area contributed by atoms with Gasteiger partial charge in [-0.2, -0.15) is 0 Å². The van der Waals surface area contributed by atoms with E-state index in [-0.39, 0.29) is 0 Å². The molecule has 0 spiro atoms. The van der Waals surface area contributed by atoms with Gasteiger partial charge in [0.15, 0.2) is 0 Å². The lowest BCUT2D eigenvalue weighted by Crippen LogP contribution is -2.28. The van der Waals surface area contributed by atoms with Gasteiger partial charge in [0.2, 0.25) is 0 Å². The molecule has 2 heterocycles. The summed E-state index contributed by atoms with van der Waals surface area (Å²) in [4.78, 5) is 2.50. The van der Waals surface area contributed by atoms with E-state index in [9.17, 15) is 0 Å². The minimum atomic E-state index is 0.798. The maximum absolute atomic E-state index is 3.61. The summed E-state index contributed by atoms with van der Waals surface area (Å²) in [6, 6.07) is 9.48. The maximum atomic E-state index is 3.61. The van der Waals surface area contributed by atoms with E-state index >= 15 is 0 Å². The average Bonchev–Trinajstić information content (AvgIpc) is 3.02. The van der Waals surface area contributed by atoms with Crippen LogP contribution in [-0.2, 0) is 6.54 Å². The molecular formula is C16H22N2S. The van der Waals surface area contributed by atoms with E-state index < -0.39 is 0 Å². The Balaban J connectivity index is 1.50. The predicted molar refractivity (Wildman–Crippen MR) is 83.8 cm³/mol. The molecule has 1 fully saturated rings. The van der Waals surface area contributed by atoms with Crippen LogP contribution in [0, 0.1) is 0 Å². The molecule has 1 aliphatic rings. The van der Waals surface area contributed by atoms with Crippen LogP contribution < -0.4 is 5.32 Å². The Morgan fingerprint density at radius 1 is 1.37 bits per heavy atom. The molecule has 0 amide bonds. The first-order valence-corrected chi connectivity index (χ1v) is 8.08. The lowest BCUT2D eigenvalue weighted by molar-refractivity contribution is 0.293. The highest BCUT2D eigenvalue weighted by Gasteiger charge is 2.19. The van der Waals surface area contributed by atoms with E-state index in [0.717, 1.165) is 19.1 Å². The molecule has 19 heavy (non-hydrogen) atoms. The number of rotatable bonds is 5. The van der Waals surface area contributed by atoms with Crippen molar-refractivity contribution in [2.45, 2.75) is 31.8 Å². The smallest absolute Gasteiger partial charge is 0.0346 e. The highest BCUT2D eigenvalue weighted by atomic mass is 32.1. The van der Waals surface area contributed by atoms with Crippen LogP contribution in [-0.4, -0.2) is 31.1 Å². The van der Waals surface area contributed by atoms with Gasteiger partial charge in [-0.1, -0.05) is 18.2 Å². The zero-order valence-electron chi connectivity index (χ0n) is 11.6. The molecule has 2 nitrogen and oxygen atoms in total. The molecular weight excluding hydrogens is 252 g/mol. The number of benzene rings is 1. The Morgan fingerprint density at radius 2 is 2.26 bits per heavy atom. The average molecular weight is 274 g/mol. The number of fused-ring (bicyclic) bond motifs is 1. The summed E-state index contributed by atoms with van der Waals surface area (Å²) in [6.07, 6.45) is 4.02. The fourth-order valence-corrected chi connectivity index (χ4v) is 3.97. The van der Waals surface area contributed by atoms with Crippen LogP contribution in [0.25, 0.3) is 10.1 Å². The first-order chi connectivity index (χ1) is 9.34. The van der Waals surface area contributed by atoms with Crippen molar-refractivity contribution in [2.24, 2.45) is 0 Å². The number of thiophene rings is 1. The molecule has 0 radical (unpaired) electrons. The van der Waals surface area contributed by atoms with Crippen molar-refractivity contribution >= 4 is 21.4 Å². The van der Waals surface area contributed by atoms with Gasteiger partial charge in [-0.05, 0) is 61.8 Å². The Labute approximate surface area is 119 Å². The molecule has 102 valence electrons. The van der Waals surface area contributed by atoms with Crippen molar-refractivity contribution in [2.75, 3.05) is 20.1 Å². The van der Waals surface area contributed by atoms with Gasteiger partial charge in [-0.15, -0.1) is 11.3 Å². The number of nitrogens with zero attached hydrogens (tertiary/aromatic N) is 1. The van der Waals surface area contributed by atoms with Crippen LogP contribution in [0.4, 0.5) is 0 Å². The molecule has 3 rings (SSSR count). The van der Waals surface area contributed by atoms with Crippen molar-refractivity contribution in [1.29, 1.82) is 0 Å². The molecule has 1 N–H and O–H groups in total. The largest absolute Gasteiger partial charge is 0.313 e. The summed E-state index contributed by atoms with van der Waals surface area (Å²) >= 11 is 1.85. The fourth-order valence-electron chi connectivity index (χ4n) is 3.01. The lowest BCUT2D eigenvalue weighted by atomic mass is 10.1. The highest BCUT2D eigenvalue weighted by molar-refractivity contribution is 7.17. The lowest BCUT2D eigenvalue weighted by Gasteiger charge is -2.19. The topological polar surface area (TPSA) is 15.3 Å². The van der Waals surface area contributed by atoms with Crippen molar-refractivity contribution in [3.8, 4) is 0 Å². The molecule has 0 bridgehead atoms. The van der Waals surface area contributed by atoms with E-state index in [0.29, 0.717) is 0 Å². The summed E-state index contributed by atoms with van der Waals surface area (Å²) in [7, 11) is 2.25. The molecule has 0 aliphatic carbocycles. The van der Waals surface area contributed by atoms with Gasteiger partial charge in [0.1, 0.15) is 0 Å². The summed E-state index contributed by atoms with van der Waals surface area (Å²) in [5.41, 5.74) is 1.44. The minimum absolute atomic E-state index is 0.798. The predicted octanol–water partition coefficient (Wildman–Crippen LogP) is 3.48. The van der Waals surface area contributed by atoms with Crippen LogP contribution in [0.15, 0.2) is 29.6 Å². The third-order valence-corrected chi connectivity index (χ3v) is 5.21. The third kappa shape index (κ3) is 2.99. The molecule has 1 aromatic carbocycles. The monoisotopic (exact) mass is 274 g/mol. The molecule has 1 unspecified atom stereocenters. The van der Waals surface area contributed by atoms with Gasteiger partial charge >= 0.3 is 0 Å². The fraction of sp³-hybridized carbons (Fsp3) is 0.500. The first kappa shape index (κ1) is 13.1. The molecule has 1 atom stereocenters. The molecule has 3 heteroatoms. The number of hydrogen-bond acceptors (Lipinski definition) is 3. The van der Waals surface area contributed by atoms with Crippen molar-refractivity contribution in [1.82, 2.24) is 10.2 Å². The summed E-state index contributed by atoms with van der Waals surface area (Å²) < 4.78 is 1.40. The van der Waals surface area contributed by atoms with Crippen LogP contribution in [0.2, 0.25) is 0 Å². The van der Waals surface area contributed by atoms with Crippen molar-refractivity contribution < 1.29 is 0 Å². The summed E-state index contributed by atoms with van der Waals surface area (Å²) in [5, 5.41) is 7.31. The highest BCUT2D eigenvalue weighted by Crippen LogP contribution is 2.25. The second-order valence-corrected chi connectivity index (χ2v) is 6.41. The van der Waals surface area contributed by atoms with Gasteiger partial charge in [-0.25, -0.2) is 0 Å². The van der Waals surface area contributed by atoms with Gasteiger partial charge in [0.05, 0.1) is 0 Å². The number of nitrogens with one attached hydrogen (secondary N) is 1. The first-order valence-electron chi connectivity index (χ1n) is 7.20. The van der Waals surface area contributed by atoms with Gasteiger partial charge in [-0.3, -0.25) is 0 Å². The quantitative estimate of drug-likeness (QED) is 0.840. The second-order valence-electron chi connectivity index (χ2n) is 5.50. The van der Waals surface area contributed by atoms with Gasteiger partial charge in [0, 0.05) is 17.3 Å². The Bertz CT molecular complexity index is 534. The molecule has 0 saturated carbocycles. The SMILES string of the molecule is CN1CCCC1CCNCc1csc2ccccc12. The molecule has 1 saturated heterocycles. The van der Waals surface area contributed by atoms with Gasteiger partial charge in [0.25, 0.3) is 0 Å². The van der Waals surface area contributed by atoms with E-state index in [4.69, 9.17) is 0 Å². The van der Waals surface area contributed by atoms with Crippen LogP contribution in [0.3, 0.4) is 0 Å². The van der Waals surface area contributed by atoms with Crippen molar-refractivity contribution in [3.63, 3.8) is 0 Å². The van der Waals surface area contributed by atoms with E-state index in [1.54, 1.807) is 0 Å². The molecule has 1 aliphatic heterocycles. The van der Waals surface area contributed by atoms with Crippen LogP contribution in [0.1, 0.15) is 24.8 Å². The number of likely N-dealkylation sites (tertiary alicyclic amines) is 1. The minimum Gasteiger partial charge on any atom is -0.313 e. The van der Waals surface area contributed by atoms with Crippen LogP contribution >= 0.6 is 11.3 Å². The van der Waals surface area contributed by atoms with E-state index in [2.05, 4.69) is 46.9 Å². The van der Waals surface area contributed by atoms with E-state index in [1.807, 2.05) is 11.3 Å².